The molecule has 5 heteroatoms. The highest BCUT2D eigenvalue weighted by molar-refractivity contribution is 6.36. The predicted octanol–water partition coefficient (Wildman–Crippen LogP) is 9.23. The number of nitrogens with zero attached hydrogens (tertiary/aromatic N) is 1. The van der Waals surface area contributed by atoms with Crippen molar-refractivity contribution in [2.45, 2.75) is 25.9 Å². The molecule has 0 fully saturated rings. The molecule has 1 N–H and O–H groups in total. The topological polar surface area (TPSA) is 23.5 Å². The standard InChI is InChI=1S/C34H28Cl2FNO/c35-32-20-30(38(22-25-7-3-1-4-8-25)23-26-9-5-2-6-10-26)21-33(36)31(32)19-27-13-16-34(39)28(18-27)17-24-11-14-29(37)15-12-24/h1-16,18,20-21,39H,17,19,22-23H2. The Hall–Kier alpha value is -3.79. The Bertz CT molecular complexity index is 1480. The zero-order valence-corrected chi connectivity index (χ0v) is 22.8. The summed E-state index contributed by atoms with van der Waals surface area (Å²) < 4.78 is 13.3. The SMILES string of the molecule is Oc1ccc(Cc2c(Cl)cc(N(Cc3ccccc3)Cc3ccccc3)cc2Cl)cc1Cc1ccc(F)cc1. The number of phenolic OH excluding ortho intramolecular Hbond substituents is 1. The van der Waals surface area contributed by atoms with E-state index < -0.39 is 0 Å². The Balaban J connectivity index is 1.40. The van der Waals surface area contributed by atoms with Crippen molar-refractivity contribution in [3.05, 3.63) is 165 Å². The molecule has 0 aliphatic carbocycles. The van der Waals surface area contributed by atoms with Crippen molar-refractivity contribution in [2.75, 3.05) is 4.90 Å². The number of anilines is 1. The Morgan fingerprint density at radius 1 is 0.590 bits per heavy atom. The van der Waals surface area contributed by atoms with Crippen molar-refractivity contribution < 1.29 is 9.50 Å². The van der Waals surface area contributed by atoms with Crippen molar-refractivity contribution in [3.63, 3.8) is 0 Å². The molecule has 5 rings (SSSR count). The Labute approximate surface area is 238 Å². The second-order valence-electron chi connectivity index (χ2n) is 9.66. The fourth-order valence-corrected chi connectivity index (χ4v) is 5.31. The fraction of sp³-hybridized carbons (Fsp3) is 0.118. The van der Waals surface area contributed by atoms with Crippen LogP contribution in [-0.2, 0) is 25.9 Å². The van der Waals surface area contributed by atoms with Crippen molar-refractivity contribution in [2.24, 2.45) is 0 Å². The molecular weight excluding hydrogens is 528 g/mol. The summed E-state index contributed by atoms with van der Waals surface area (Å²) in [5.41, 5.74) is 6.84. The largest absolute Gasteiger partial charge is 0.508 e. The minimum Gasteiger partial charge on any atom is -0.508 e. The van der Waals surface area contributed by atoms with Crippen LogP contribution >= 0.6 is 23.2 Å². The average Bonchev–Trinajstić information content (AvgIpc) is 2.94. The quantitative estimate of drug-likeness (QED) is 0.196. The van der Waals surface area contributed by atoms with Crippen molar-refractivity contribution in [1.82, 2.24) is 0 Å². The lowest BCUT2D eigenvalue weighted by atomic mass is 9.98. The van der Waals surface area contributed by atoms with E-state index in [1.807, 2.05) is 60.7 Å². The van der Waals surface area contributed by atoms with Gasteiger partial charge in [0.05, 0.1) is 0 Å². The Kier molecular flexibility index (Phi) is 8.51. The van der Waals surface area contributed by atoms with Crippen LogP contribution in [-0.4, -0.2) is 5.11 Å². The summed E-state index contributed by atoms with van der Waals surface area (Å²) in [7, 11) is 0. The molecule has 5 aromatic carbocycles. The monoisotopic (exact) mass is 555 g/mol. The van der Waals surface area contributed by atoms with Crippen LogP contribution in [0.15, 0.2) is 115 Å². The Morgan fingerprint density at radius 3 is 1.69 bits per heavy atom. The fourth-order valence-electron chi connectivity index (χ4n) is 4.70. The van der Waals surface area contributed by atoms with Crippen LogP contribution in [0, 0.1) is 5.82 Å². The maximum absolute atomic E-state index is 13.3. The third kappa shape index (κ3) is 7.00. The zero-order valence-electron chi connectivity index (χ0n) is 21.3. The first-order valence-electron chi connectivity index (χ1n) is 12.8. The van der Waals surface area contributed by atoms with Gasteiger partial charge >= 0.3 is 0 Å². The zero-order chi connectivity index (χ0) is 27.2. The molecule has 0 heterocycles. The number of halogens is 3. The normalized spacial score (nSPS) is 10.9. The summed E-state index contributed by atoms with van der Waals surface area (Å²) in [6, 6.07) is 36.4. The van der Waals surface area contributed by atoms with Gasteiger partial charge in [-0.2, -0.15) is 0 Å². The summed E-state index contributed by atoms with van der Waals surface area (Å²) in [6.07, 6.45) is 1.01. The van der Waals surface area contributed by atoms with Crippen LogP contribution in [0.25, 0.3) is 0 Å². The predicted molar refractivity (Wildman–Crippen MR) is 159 cm³/mol. The highest BCUT2D eigenvalue weighted by Crippen LogP contribution is 2.35. The van der Waals surface area contributed by atoms with Crippen LogP contribution in [0.1, 0.15) is 33.4 Å². The summed E-state index contributed by atoms with van der Waals surface area (Å²) in [4.78, 5) is 2.27. The van der Waals surface area contributed by atoms with Crippen LogP contribution in [0.3, 0.4) is 0 Å². The van der Waals surface area contributed by atoms with Crippen LogP contribution in [0.4, 0.5) is 10.1 Å². The van der Waals surface area contributed by atoms with E-state index in [0.717, 1.165) is 27.9 Å². The molecule has 0 bridgehead atoms. The van der Waals surface area contributed by atoms with Crippen molar-refractivity contribution in [3.8, 4) is 5.75 Å². The van der Waals surface area contributed by atoms with E-state index in [1.165, 1.54) is 23.3 Å². The van der Waals surface area contributed by atoms with Gasteiger partial charge in [0.2, 0.25) is 0 Å². The van der Waals surface area contributed by atoms with Gasteiger partial charge in [0, 0.05) is 41.7 Å². The number of hydrogen-bond donors (Lipinski definition) is 1. The third-order valence-electron chi connectivity index (χ3n) is 6.76. The van der Waals surface area contributed by atoms with Crippen LogP contribution < -0.4 is 4.90 Å². The smallest absolute Gasteiger partial charge is 0.123 e. The molecule has 0 aliphatic rings. The molecule has 196 valence electrons. The summed E-state index contributed by atoms with van der Waals surface area (Å²) >= 11 is 13.7. The maximum atomic E-state index is 13.3. The van der Waals surface area contributed by atoms with Crippen LogP contribution in [0.5, 0.6) is 5.75 Å². The van der Waals surface area contributed by atoms with Gasteiger partial charge in [-0.15, -0.1) is 0 Å². The lowest BCUT2D eigenvalue weighted by molar-refractivity contribution is 0.469. The lowest BCUT2D eigenvalue weighted by Crippen LogP contribution is -2.22. The average molecular weight is 557 g/mol. The number of rotatable bonds is 9. The molecule has 0 aliphatic heterocycles. The molecule has 0 unspecified atom stereocenters. The minimum atomic E-state index is -0.282. The summed E-state index contributed by atoms with van der Waals surface area (Å²) in [5, 5.41) is 11.6. The number of aromatic hydroxyl groups is 1. The first-order valence-corrected chi connectivity index (χ1v) is 13.6. The van der Waals surface area contributed by atoms with E-state index in [1.54, 1.807) is 18.2 Å². The second-order valence-corrected chi connectivity index (χ2v) is 10.5. The van der Waals surface area contributed by atoms with Gasteiger partial charge in [-0.25, -0.2) is 4.39 Å². The molecule has 5 aromatic rings. The van der Waals surface area contributed by atoms with E-state index in [0.29, 0.717) is 36.0 Å². The molecular formula is C34H28Cl2FNO. The van der Waals surface area contributed by atoms with E-state index in [9.17, 15) is 9.50 Å². The third-order valence-corrected chi connectivity index (χ3v) is 7.43. The minimum absolute atomic E-state index is 0.202. The first kappa shape index (κ1) is 26.8. The molecule has 0 spiro atoms. The number of benzene rings is 5. The lowest BCUT2D eigenvalue weighted by Gasteiger charge is -2.26. The highest BCUT2D eigenvalue weighted by atomic mass is 35.5. The molecule has 0 saturated heterocycles. The molecule has 0 amide bonds. The molecule has 0 aromatic heterocycles. The van der Waals surface area contributed by atoms with E-state index in [4.69, 9.17) is 23.2 Å². The van der Waals surface area contributed by atoms with Gasteiger partial charge in [-0.3, -0.25) is 0 Å². The summed E-state index contributed by atoms with van der Waals surface area (Å²) in [6.45, 7) is 1.43. The van der Waals surface area contributed by atoms with Crippen molar-refractivity contribution in [1.29, 1.82) is 0 Å². The van der Waals surface area contributed by atoms with E-state index in [-0.39, 0.29) is 11.6 Å². The van der Waals surface area contributed by atoms with Crippen LogP contribution in [0.2, 0.25) is 10.0 Å². The first-order chi connectivity index (χ1) is 18.9. The molecule has 0 atom stereocenters. The molecule has 0 radical (unpaired) electrons. The molecule has 0 saturated carbocycles. The van der Waals surface area contributed by atoms with Gasteiger partial charge in [0.15, 0.2) is 0 Å². The molecule has 2 nitrogen and oxygen atoms in total. The summed E-state index contributed by atoms with van der Waals surface area (Å²) in [5.74, 6) is -0.0800. The van der Waals surface area contributed by atoms with E-state index >= 15 is 0 Å². The second kappa shape index (κ2) is 12.4. The maximum Gasteiger partial charge on any atom is 0.123 e. The van der Waals surface area contributed by atoms with Gasteiger partial charge in [-0.1, -0.05) is 108 Å². The number of phenols is 1. The van der Waals surface area contributed by atoms with Crippen molar-refractivity contribution >= 4 is 28.9 Å². The van der Waals surface area contributed by atoms with Gasteiger partial charge in [0.25, 0.3) is 0 Å². The van der Waals surface area contributed by atoms with Gasteiger partial charge in [-0.05, 0) is 63.7 Å². The Morgan fingerprint density at radius 2 is 1.13 bits per heavy atom. The van der Waals surface area contributed by atoms with Gasteiger partial charge < -0.3 is 10.0 Å². The highest BCUT2D eigenvalue weighted by Gasteiger charge is 2.16. The van der Waals surface area contributed by atoms with Gasteiger partial charge in [0.1, 0.15) is 11.6 Å². The number of hydrogen-bond acceptors (Lipinski definition) is 2. The molecule has 39 heavy (non-hydrogen) atoms. The van der Waals surface area contributed by atoms with E-state index in [2.05, 4.69) is 29.2 Å².